The molecule has 1 aromatic rings. The fourth-order valence-electron chi connectivity index (χ4n) is 2.13. The van der Waals surface area contributed by atoms with Gasteiger partial charge >= 0.3 is 25.7 Å². The third-order valence-electron chi connectivity index (χ3n) is 3.74. The Hall–Kier alpha value is -2.83. The minimum absolute atomic E-state index is 0.114. The summed E-state index contributed by atoms with van der Waals surface area (Å²) in [6.45, 7) is -0.718. The van der Waals surface area contributed by atoms with E-state index in [1.807, 2.05) is 0 Å². The second kappa shape index (κ2) is 11.4. The average molecular weight is 447 g/mol. The van der Waals surface area contributed by atoms with Crippen LogP contribution in [0.2, 0.25) is 0 Å². The van der Waals surface area contributed by atoms with Gasteiger partial charge in [0.05, 0.1) is 6.61 Å². The summed E-state index contributed by atoms with van der Waals surface area (Å²) in [6.07, 6.45) is -1.11. The molecular weight excluding hydrogens is 425 g/mol. The van der Waals surface area contributed by atoms with Crippen LogP contribution in [0.3, 0.4) is 0 Å². The smallest absolute Gasteiger partial charge is 0.403 e. The van der Waals surface area contributed by atoms with E-state index in [1.54, 1.807) is 17.2 Å². The molecule has 0 aliphatic heterocycles. The molecule has 14 heteroatoms. The van der Waals surface area contributed by atoms with Crippen LogP contribution in [0.1, 0.15) is 28.8 Å². The zero-order valence-corrected chi connectivity index (χ0v) is 16.4. The van der Waals surface area contributed by atoms with Crippen molar-refractivity contribution in [1.82, 2.24) is 10.4 Å². The zero-order chi connectivity index (χ0) is 22.9. The molecule has 3 atom stereocenters. The van der Waals surface area contributed by atoms with Crippen molar-refractivity contribution in [2.45, 2.75) is 31.5 Å². The van der Waals surface area contributed by atoms with E-state index in [0.717, 1.165) is 5.56 Å². The van der Waals surface area contributed by atoms with Gasteiger partial charge in [-0.15, -0.1) is 0 Å². The van der Waals surface area contributed by atoms with Gasteiger partial charge in [-0.25, -0.2) is 14.4 Å². The van der Waals surface area contributed by atoms with Gasteiger partial charge in [-0.1, -0.05) is 12.1 Å². The Bertz CT molecular complexity index is 829. The summed E-state index contributed by atoms with van der Waals surface area (Å²) in [4.78, 5) is 54.8. The molecule has 0 aliphatic carbocycles. The number of hydrogen-bond donors (Lipinski definition) is 7. The van der Waals surface area contributed by atoms with Crippen LogP contribution in [0.25, 0.3) is 0 Å². The van der Waals surface area contributed by atoms with Crippen molar-refractivity contribution in [3.8, 4) is 0 Å². The van der Waals surface area contributed by atoms with Crippen LogP contribution >= 0.6 is 7.75 Å². The van der Waals surface area contributed by atoms with Gasteiger partial charge < -0.3 is 31.3 Å². The van der Waals surface area contributed by atoms with Crippen LogP contribution in [0.5, 0.6) is 0 Å². The van der Waals surface area contributed by atoms with E-state index in [1.165, 1.54) is 12.1 Å². The summed E-state index contributed by atoms with van der Waals surface area (Å²) in [5, 5.41) is 30.6. The first-order valence-corrected chi connectivity index (χ1v) is 10.1. The summed E-state index contributed by atoms with van der Waals surface area (Å²) >= 11 is 0. The molecule has 0 saturated heterocycles. The van der Waals surface area contributed by atoms with E-state index in [-0.39, 0.29) is 12.1 Å². The van der Waals surface area contributed by atoms with Crippen LogP contribution in [-0.4, -0.2) is 62.7 Å². The lowest BCUT2D eigenvalue weighted by molar-refractivity contribution is -0.142. The van der Waals surface area contributed by atoms with Crippen LogP contribution in [-0.2, 0) is 30.0 Å². The first-order chi connectivity index (χ1) is 13.9. The Labute approximate surface area is 170 Å². The molecule has 0 spiro atoms. The molecular formula is C16H22N3O10P. The molecule has 0 fully saturated rings. The van der Waals surface area contributed by atoms with Crippen molar-refractivity contribution in [3.05, 3.63) is 35.4 Å². The fourth-order valence-corrected chi connectivity index (χ4v) is 3.19. The van der Waals surface area contributed by atoms with E-state index in [9.17, 15) is 33.7 Å². The van der Waals surface area contributed by atoms with Crippen molar-refractivity contribution >= 4 is 31.6 Å². The fraction of sp³-hybridized carbons (Fsp3) is 0.375. The highest BCUT2D eigenvalue weighted by molar-refractivity contribution is 7.50. The molecule has 1 amide bonds. The van der Waals surface area contributed by atoms with Gasteiger partial charge in [0.2, 0.25) is 0 Å². The van der Waals surface area contributed by atoms with E-state index >= 15 is 0 Å². The molecule has 30 heavy (non-hydrogen) atoms. The normalized spacial score (nSPS) is 14.9. The number of nitrogens with two attached hydrogens (primary N) is 1. The predicted octanol–water partition coefficient (Wildman–Crippen LogP) is -0.647. The standard InChI is InChI=1S/C16H22N3O10P/c17-7-9-1-3-10(4-2-9)14(22)18-12(16(25)26)8-29-30(27,28)19-11(15(23)24)5-6-13(20)21/h1-4,11-12H,5-8,17H2,(H,18,22)(H,20,21)(H,23,24)(H,25,26)(H2,19,27,28)/t11-,12?/m0/s1. The van der Waals surface area contributed by atoms with Crippen molar-refractivity contribution in [3.63, 3.8) is 0 Å². The number of carboxylic acid groups (broad SMARTS) is 3. The second-order valence-corrected chi connectivity index (χ2v) is 7.59. The Balaban J connectivity index is 2.74. The molecule has 2 unspecified atom stereocenters. The third-order valence-corrected chi connectivity index (χ3v) is 4.87. The summed E-state index contributed by atoms with van der Waals surface area (Å²) < 4.78 is 16.6. The van der Waals surface area contributed by atoms with Crippen LogP contribution in [0, 0.1) is 0 Å². The summed E-state index contributed by atoms with van der Waals surface area (Å²) in [6, 6.07) is 2.50. The van der Waals surface area contributed by atoms with Gasteiger partial charge in [0.15, 0.2) is 6.04 Å². The minimum atomic E-state index is -4.83. The molecule has 1 rings (SSSR count). The number of rotatable bonds is 13. The third kappa shape index (κ3) is 8.68. The number of carbonyl (C=O) groups is 4. The van der Waals surface area contributed by atoms with Gasteiger partial charge in [0.1, 0.15) is 6.04 Å². The zero-order valence-electron chi connectivity index (χ0n) is 15.6. The topological polar surface area (TPSA) is 226 Å². The van der Waals surface area contributed by atoms with Crippen LogP contribution in [0.4, 0.5) is 0 Å². The monoisotopic (exact) mass is 447 g/mol. The van der Waals surface area contributed by atoms with Crippen molar-refractivity contribution in [2.75, 3.05) is 6.61 Å². The van der Waals surface area contributed by atoms with E-state index < -0.39 is 63.1 Å². The average Bonchev–Trinajstić information content (AvgIpc) is 2.67. The van der Waals surface area contributed by atoms with Crippen LogP contribution in [0.15, 0.2) is 24.3 Å². The number of amides is 1. The molecule has 13 nitrogen and oxygen atoms in total. The molecule has 0 aliphatic rings. The highest BCUT2D eigenvalue weighted by atomic mass is 31.2. The summed E-state index contributed by atoms with van der Waals surface area (Å²) in [7, 11) is -4.83. The van der Waals surface area contributed by atoms with Gasteiger partial charge in [-0.2, -0.15) is 0 Å². The minimum Gasteiger partial charge on any atom is -0.481 e. The van der Waals surface area contributed by atoms with Gasteiger partial charge in [-0.05, 0) is 24.1 Å². The maximum atomic E-state index is 12.2. The van der Waals surface area contributed by atoms with Crippen molar-refractivity contribution in [1.29, 1.82) is 0 Å². The lowest BCUT2D eigenvalue weighted by Gasteiger charge is -2.21. The Morgan fingerprint density at radius 3 is 2.07 bits per heavy atom. The lowest BCUT2D eigenvalue weighted by atomic mass is 10.1. The van der Waals surface area contributed by atoms with E-state index in [2.05, 4.69) is 9.84 Å². The molecule has 8 N–H and O–H groups in total. The number of benzene rings is 1. The number of carboxylic acids is 3. The van der Waals surface area contributed by atoms with Gasteiger partial charge in [0, 0.05) is 18.5 Å². The highest BCUT2D eigenvalue weighted by Crippen LogP contribution is 2.38. The number of nitrogens with one attached hydrogen (secondary N) is 2. The molecule has 166 valence electrons. The number of aliphatic carboxylic acids is 3. The largest absolute Gasteiger partial charge is 0.481 e. The maximum Gasteiger partial charge on any atom is 0.403 e. The summed E-state index contributed by atoms with van der Waals surface area (Å²) in [5.41, 5.74) is 6.30. The highest BCUT2D eigenvalue weighted by Gasteiger charge is 2.32. The van der Waals surface area contributed by atoms with Crippen molar-refractivity contribution < 1.29 is 48.5 Å². The molecule has 1 aromatic carbocycles. The van der Waals surface area contributed by atoms with Gasteiger partial charge in [-0.3, -0.25) is 18.9 Å². The predicted molar refractivity (Wildman–Crippen MR) is 100 cm³/mol. The SMILES string of the molecule is NCc1ccc(C(=O)NC(COP(=O)(O)N[C@@H](CCC(=O)O)C(=O)O)C(=O)O)cc1. The quantitative estimate of drug-likeness (QED) is 0.187. The van der Waals surface area contributed by atoms with Gasteiger partial charge in [0.25, 0.3) is 5.91 Å². The first kappa shape index (κ1) is 25.2. The maximum absolute atomic E-state index is 12.2. The molecule has 0 heterocycles. The second-order valence-electron chi connectivity index (χ2n) is 6.03. The molecule has 0 bridgehead atoms. The Morgan fingerprint density at radius 2 is 1.60 bits per heavy atom. The van der Waals surface area contributed by atoms with Crippen molar-refractivity contribution in [2.24, 2.45) is 5.73 Å². The lowest BCUT2D eigenvalue weighted by Crippen LogP contribution is -2.44. The van der Waals surface area contributed by atoms with E-state index in [0.29, 0.717) is 0 Å². The van der Waals surface area contributed by atoms with E-state index in [4.69, 9.17) is 15.9 Å². The summed E-state index contributed by atoms with van der Waals surface area (Å²) in [5.74, 6) is -5.27. The van der Waals surface area contributed by atoms with Crippen LogP contribution < -0.4 is 16.1 Å². The Kier molecular flexibility index (Phi) is 9.56. The number of carbonyl (C=O) groups excluding carboxylic acids is 1. The molecule has 0 aromatic heterocycles. The Morgan fingerprint density at radius 1 is 1.03 bits per heavy atom. The molecule has 0 radical (unpaired) electrons. The first-order valence-electron chi connectivity index (χ1n) is 8.47. The number of hydrogen-bond acceptors (Lipinski definition) is 7. The molecule has 0 saturated carbocycles.